The fourth-order valence-corrected chi connectivity index (χ4v) is 3.48. The molecule has 2 aromatic carbocycles. The minimum Gasteiger partial charge on any atom is -0.490 e. The minimum atomic E-state index is -0.807. The van der Waals surface area contributed by atoms with Crippen LogP contribution in [0.4, 0.5) is 0 Å². The third kappa shape index (κ3) is 4.43. The van der Waals surface area contributed by atoms with Gasteiger partial charge in [0.15, 0.2) is 11.5 Å². The van der Waals surface area contributed by atoms with E-state index in [-0.39, 0.29) is 0 Å². The molecule has 0 aliphatic carbocycles. The van der Waals surface area contributed by atoms with E-state index in [9.17, 15) is 9.90 Å². The number of thiophene rings is 1. The average Bonchev–Trinajstić information content (AvgIpc) is 3.17. The first-order valence-corrected chi connectivity index (χ1v) is 9.30. The molecule has 0 saturated carbocycles. The maximum Gasteiger partial charge on any atom is 0.312 e. The summed E-state index contributed by atoms with van der Waals surface area (Å²) in [5, 5.41) is 11.4. The van der Waals surface area contributed by atoms with Crippen molar-refractivity contribution in [3.63, 3.8) is 0 Å². The second-order valence-corrected chi connectivity index (χ2v) is 6.72. The van der Waals surface area contributed by atoms with Crippen LogP contribution in [-0.2, 0) is 11.2 Å². The third-order valence-corrected chi connectivity index (χ3v) is 4.91. The Bertz CT molecular complexity index is 841. The molecule has 26 heavy (non-hydrogen) atoms. The number of carbonyl (C=O) groups is 1. The van der Waals surface area contributed by atoms with E-state index in [4.69, 9.17) is 9.47 Å². The zero-order valence-corrected chi connectivity index (χ0v) is 15.2. The summed E-state index contributed by atoms with van der Waals surface area (Å²) >= 11 is 1.47. The van der Waals surface area contributed by atoms with Gasteiger partial charge < -0.3 is 14.6 Å². The second-order valence-electron chi connectivity index (χ2n) is 5.74. The molecule has 0 saturated heterocycles. The van der Waals surface area contributed by atoms with Gasteiger partial charge in [-0.1, -0.05) is 30.3 Å². The molecule has 5 heteroatoms. The van der Waals surface area contributed by atoms with Crippen molar-refractivity contribution in [2.75, 3.05) is 6.61 Å². The van der Waals surface area contributed by atoms with Crippen molar-refractivity contribution in [3.8, 4) is 17.2 Å². The normalized spacial score (nSPS) is 11.7. The first kappa shape index (κ1) is 18.0. The molecule has 0 aliphatic heterocycles. The van der Waals surface area contributed by atoms with Crippen molar-refractivity contribution >= 4 is 17.3 Å². The molecule has 1 atom stereocenters. The number of rotatable bonds is 8. The predicted molar refractivity (Wildman–Crippen MR) is 103 cm³/mol. The highest BCUT2D eigenvalue weighted by Gasteiger charge is 2.21. The van der Waals surface area contributed by atoms with Gasteiger partial charge in [0.2, 0.25) is 0 Å². The van der Waals surface area contributed by atoms with Crippen LogP contribution in [0.5, 0.6) is 17.2 Å². The van der Waals surface area contributed by atoms with Gasteiger partial charge in [-0.2, -0.15) is 0 Å². The highest BCUT2D eigenvalue weighted by atomic mass is 32.1. The summed E-state index contributed by atoms with van der Waals surface area (Å²) in [7, 11) is 0. The van der Waals surface area contributed by atoms with E-state index < -0.39 is 11.9 Å². The standard InChI is InChI=1S/C21H20O4S/c1-2-24-18-6-3-4-7-19(18)25-16-11-9-15(10-12-16)14-17(21(22)23)20-8-5-13-26-20/h3-13,17H,2,14H2,1H3,(H,22,23). The van der Waals surface area contributed by atoms with Crippen LogP contribution in [0, 0.1) is 0 Å². The van der Waals surface area contributed by atoms with Crippen molar-refractivity contribution in [3.05, 3.63) is 76.5 Å². The van der Waals surface area contributed by atoms with Crippen molar-refractivity contribution in [2.45, 2.75) is 19.3 Å². The second kappa shape index (κ2) is 8.54. The zero-order valence-electron chi connectivity index (χ0n) is 14.4. The van der Waals surface area contributed by atoms with Crippen LogP contribution in [-0.4, -0.2) is 17.7 Å². The van der Waals surface area contributed by atoms with E-state index in [0.717, 1.165) is 10.4 Å². The van der Waals surface area contributed by atoms with E-state index in [1.807, 2.05) is 73.0 Å². The van der Waals surface area contributed by atoms with Gasteiger partial charge in [0, 0.05) is 4.88 Å². The molecular formula is C21H20O4S. The molecular weight excluding hydrogens is 348 g/mol. The van der Waals surface area contributed by atoms with Gasteiger partial charge in [-0.05, 0) is 54.6 Å². The largest absolute Gasteiger partial charge is 0.490 e. The molecule has 1 aromatic heterocycles. The number of carboxylic acids is 1. The summed E-state index contributed by atoms with van der Waals surface area (Å²) in [6.07, 6.45) is 0.450. The molecule has 0 bridgehead atoms. The fourth-order valence-electron chi connectivity index (χ4n) is 2.66. The topological polar surface area (TPSA) is 55.8 Å². The van der Waals surface area contributed by atoms with Gasteiger partial charge in [0.1, 0.15) is 5.75 Å². The highest BCUT2D eigenvalue weighted by molar-refractivity contribution is 7.10. The lowest BCUT2D eigenvalue weighted by Crippen LogP contribution is -2.13. The molecule has 4 nitrogen and oxygen atoms in total. The molecule has 0 radical (unpaired) electrons. The first-order chi connectivity index (χ1) is 12.7. The molecule has 3 aromatic rings. The molecule has 1 unspecified atom stereocenters. The smallest absolute Gasteiger partial charge is 0.312 e. The summed E-state index contributed by atoms with van der Waals surface area (Å²) in [6, 6.07) is 18.8. The Balaban J connectivity index is 1.72. The van der Waals surface area contributed by atoms with Crippen LogP contribution in [0.15, 0.2) is 66.0 Å². The highest BCUT2D eigenvalue weighted by Crippen LogP contribution is 2.32. The van der Waals surface area contributed by atoms with Crippen LogP contribution in [0.1, 0.15) is 23.3 Å². The maximum absolute atomic E-state index is 11.6. The van der Waals surface area contributed by atoms with Gasteiger partial charge in [-0.25, -0.2) is 0 Å². The number of aliphatic carboxylic acids is 1. The SMILES string of the molecule is CCOc1ccccc1Oc1ccc(CC(C(=O)O)c2cccs2)cc1. The van der Waals surface area contributed by atoms with Crippen LogP contribution in [0.2, 0.25) is 0 Å². The number of benzene rings is 2. The molecule has 0 amide bonds. The van der Waals surface area contributed by atoms with E-state index >= 15 is 0 Å². The Labute approximate surface area is 156 Å². The summed E-state index contributed by atoms with van der Waals surface area (Å²) < 4.78 is 11.5. The lowest BCUT2D eigenvalue weighted by Gasteiger charge is -2.13. The number of para-hydroxylation sites is 2. The van der Waals surface area contributed by atoms with E-state index in [0.29, 0.717) is 30.3 Å². The van der Waals surface area contributed by atoms with Gasteiger partial charge in [0.25, 0.3) is 0 Å². The number of ether oxygens (including phenoxy) is 2. The number of hydrogen-bond acceptors (Lipinski definition) is 4. The van der Waals surface area contributed by atoms with Gasteiger partial charge in [-0.3, -0.25) is 4.79 Å². The third-order valence-electron chi connectivity index (χ3n) is 3.92. The molecule has 3 rings (SSSR count). The summed E-state index contributed by atoms with van der Waals surface area (Å²) in [6.45, 7) is 2.50. The van der Waals surface area contributed by atoms with Crippen LogP contribution in [0.3, 0.4) is 0 Å². The summed E-state index contributed by atoms with van der Waals surface area (Å²) in [4.78, 5) is 12.4. The van der Waals surface area contributed by atoms with Crippen molar-refractivity contribution in [1.29, 1.82) is 0 Å². The van der Waals surface area contributed by atoms with E-state index in [1.165, 1.54) is 11.3 Å². The molecule has 1 N–H and O–H groups in total. The first-order valence-electron chi connectivity index (χ1n) is 8.42. The Morgan fingerprint density at radius 3 is 2.38 bits per heavy atom. The lowest BCUT2D eigenvalue weighted by molar-refractivity contribution is -0.138. The molecule has 0 fully saturated rings. The summed E-state index contributed by atoms with van der Waals surface area (Å²) in [5.41, 5.74) is 0.955. The van der Waals surface area contributed by atoms with E-state index in [2.05, 4.69) is 0 Å². The van der Waals surface area contributed by atoms with Crippen LogP contribution in [0.25, 0.3) is 0 Å². The predicted octanol–water partition coefficient (Wildman–Crippen LogP) is 5.35. The number of carboxylic acid groups (broad SMARTS) is 1. The Morgan fingerprint density at radius 1 is 1.04 bits per heavy atom. The summed E-state index contributed by atoms with van der Waals surface area (Å²) in [5.74, 6) is 0.703. The van der Waals surface area contributed by atoms with Gasteiger partial charge in [-0.15, -0.1) is 11.3 Å². The Morgan fingerprint density at radius 2 is 1.77 bits per heavy atom. The Kier molecular flexibility index (Phi) is 5.92. The molecule has 134 valence electrons. The maximum atomic E-state index is 11.6. The lowest BCUT2D eigenvalue weighted by atomic mass is 9.98. The average molecular weight is 368 g/mol. The van der Waals surface area contributed by atoms with Crippen molar-refractivity contribution in [2.24, 2.45) is 0 Å². The monoisotopic (exact) mass is 368 g/mol. The van der Waals surface area contributed by atoms with Crippen molar-refractivity contribution < 1.29 is 19.4 Å². The van der Waals surface area contributed by atoms with Crippen LogP contribution < -0.4 is 9.47 Å². The fraction of sp³-hybridized carbons (Fsp3) is 0.190. The minimum absolute atomic E-state index is 0.450. The molecule has 0 aliphatic rings. The molecule has 1 heterocycles. The van der Waals surface area contributed by atoms with E-state index in [1.54, 1.807) is 0 Å². The number of hydrogen-bond donors (Lipinski definition) is 1. The Hall–Kier alpha value is -2.79. The van der Waals surface area contributed by atoms with Gasteiger partial charge >= 0.3 is 5.97 Å². The quantitative estimate of drug-likeness (QED) is 0.582. The van der Waals surface area contributed by atoms with Crippen LogP contribution >= 0.6 is 11.3 Å². The zero-order chi connectivity index (χ0) is 18.4. The van der Waals surface area contributed by atoms with Crippen molar-refractivity contribution in [1.82, 2.24) is 0 Å². The van der Waals surface area contributed by atoms with Gasteiger partial charge in [0.05, 0.1) is 12.5 Å². The molecule has 0 spiro atoms.